The lowest BCUT2D eigenvalue weighted by atomic mass is 9.91. The molecule has 10 aromatic rings. The molecule has 0 atom stereocenters. The first kappa shape index (κ1) is 31.4. The summed E-state index contributed by atoms with van der Waals surface area (Å²) in [6, 6.07) is 67.5. The number of nitrogens with zero attached hydrogens (tertiary/aromatic N) is 4. The van der Waals surface area contributed by atoms with Gasteiger partial charge in [-0.05, 0) is 98.4 Å². The van der Waals surface area contributed by atoms with E-state index in [0.29, 0.717) is 0 Å². The Balaban J connectivity index is 1.23. The van der Waals surface area contributed by atoms with Gasteiger partial charge in [0, 0.05) is 40.2 Å². The summed E-state index contributed by atoms with van der Waals surface area (Å²) in [4.78, 5) is 13.8. The molecular formula is C50H34N4. The van der Waals surface area contributed by atoms with Crippen molar-refractivity contribution in [3.05, 3.63) is 207 Å². The number of hydrogen-bond donors (Lipinski definition) is 0. The van der Waals surface area contributed by atoms with Gasteiger partial charge in [0.2, 0.25) is 0 Å². The van der Waals surface area contributed by atoms with E-state index >= 15 is 0 Å². The smallest absolute Gasteiger partial charge is 0.156 e. The van der Waals surface area contributed by atoms with E-state index in [9.17, 15) is 0 Å². The Morgan fingerprint density at radius 3 is 1.31 bits per heavy atom. The molecule has 0 bridgehead atoms. The molecule has 0 spiro atoms. The first-order valence-electron chi connectivity index (χ1n) is 18.2. The van der Waals surface area contributed by atoms with Gasteiger partial charge in [0.05, 0.1) is 17.6 Å². The standard InChI is InChI=1S/C50H34N4/c1-5-13-35(14-6-1)39-31-40(36-15-7-2-8-16-36)33-43(32-39)53(41-17-9-3-10-18-41)46-27-23-37-22-26-45-47(28-24-38-21-25-44(46)49(37)50(38)45)54(42-19-11-4-12-20-42)48-34-51-29-30-52-48/h1-34H. The van der Waals surface area contributed by atoms with Crippen molar-refractivity contribution in [3.8, 4) is 22.3 Å². The molecule has 1 aromatic heterocycles. The minimum Gasteiger partial charge on any atom is -0.310 e. The Kier molecular flexibility index (Phi) is 7.77. The van der Waals surface area contributed by atoms with Crippen LogP contribution in [-0.2, 0) is 0 Å². The lowest BCUT2D eigenvalue weighted by Gasteiger charge is -2.29. The molecule has 0 aliphatic carbocycles. The van der Waals surface area contributed by atoms with Crippen LogP contribution in [0, 0.1) is 0 Å². The van der Waals surface area contributed by atoms with E-state index in [1.165, 1.54) is 49.2 Å². The molecule has 0 saturated heterocycles. The third-order valence-electron chi connectivity index (χ3n) is 10.3. The van der Waals surface area contributed by atoms with E-state index < -0.39 is 0 Å². The Hall–Kier alpha value is -7.30. The summed E-state index contributed by atoms with van der Waals surface area (Å²) in [7, 11) is 0. The molecule has 0 aliphatic rings. The quantitative estimate of drug-likeness (QED) is 0.149. The highest BCUT2D eigenvalue weighted by Crippen LogP contribution is 2.48. The van der Waals surface area contributed by atoms with Crippen molar-refractivity contribution in [2.75, 3.05) is 9.80 Å². The largest absolute Gasteiger partial charge is 0.310 e. The van der Waals surface area contributed by atoms with Crippen LogP contribution in [0.4, 0.5) is 34.3 Å². The fraction of sp³-hybridized carbons (Fsp3) is 0. The van der Waals surface area contributed by atoms with Crippen molar-refractivity contribution in [2.45, 2.75) is 0 Å². The average molecular weight is 691 g/mol. The monoisotopic (exact) mass is 690 g/mol. The maximum absolute atomic E-state index is 4.76. The van der Waals surface area contributed by atoms with Crippen molar-refractivity contribution in [3.63, 3.8) is 0 Å². The average Bonchev–Trinajstić information content (AvgIpc) is 3.25. The Labute approximate surface area is 314 Å². The van der Waals surface area contributed by atoms with Crippen molar-refractivity contribution in [1.82, 2.24) is 9.97 Å². The Bertz CT molecular complexity index is 2760. The van der Waals surface area contributed by atoms with E-state index in [1.54, 1.807) is 12.4 Å². The Morgan fingerprint density at radius 1 is 0.352 bits per heavy atom. The SMILES string of the molecule is c1ccc(-c2cc(-c3ccccc3)cc(N(c3ccccc3)c3ccc4ccc5c(N(c6ccccc6)c6cnccn6)ccc6ccc3c4c65)c2)cc1. The number of benzene rings is 9. The van der Waals surface area contributed by atoms with Gasteiger partial charge in [-0.3, -0.25) is 9.88 Å². The summed E-state index contributed by atoms with van der Waals surface area (Å²) in [5.41, 5.74) is 10.1. The highest BCUT2D eigenvalue weighted by Gasteiger charge is 2.22. The summed E-state index contributed by atoms with van der Waals surface area (Å²) in [5.74, 6) is 0.766. The van der Waals surface area contributed by atoms with Gasteiger partial charge in [0.25, 0.3) is 0 Å². The van der Waals surface area contributed by atoms with Crippen LogP contribution in [-0.4, -0.2) is 9.97 Å². The highest BCUT2D eigenvalue weighted by molar-refractivity contribution is 6.28. The number of hydrogen-bond acceptors (Lipinski definition) is 4. The molecule has 54 heavy (non-hydrogen) atoms. The van der Waals surface area contributed by atoms with Crippen LogP contribution in [0.25, 0.3) is 54.6 Å². The van der Waals surface area contributed by atoms with Gasteiger partial charge in [-0.1, -0.05) is 133 Å². The zero-order valence-corrected chi connectivity index (χ0v) is 29.4. The second-order valence-corrected chi connectivity index (χ2v) is 13.5. The highest BCUT2D eigenvalue weighted by atomic mass is 15.2. The van der Waals surface area contributed by atoms with Crippen molar-refractivity contribution >= 4 is 66.6 Å². The molecule has 10 rings (SSSR count). The molecule has 0 amide bonds. The summed E-state index contributed by atoms with van der Waals surface area (Å²) in [5, 5.41) is 7.19. The second-order valence-electron chi connectivity index (χ2n) is 13.5. The molecule has 4 nitrogen and oxygen atoms in total. The molecule has 0 unspecified atom stereocenters. The van der Waals surface area contributed by atoms with Crippen LogP contribution >= 0.6 is 0 Å². The third-order valence-corrected chi connectivity index (χ3v) is 10.3. The fourth-order valence-corrected chi connectivity index (χ4v) is 7.88. The van der Waals surface area contributed by atoms with Gasteiger partial charge in [-0.25, -0.2) is 4.98 Å². The molecule has 9 aromatic carbocycles. The van der Waals surface area contributed by atoms with Gasteiger partial charge < -0.3 is 4.90 Å². The zero-order valence-electron chi connectivity index (χ0n) is 29.4. The van der Waals surface area contributed by atoms with Crippen molar-refractivity contribution in [2.24, 2.45) is 0 Å². The summed E-state index contributed by atoms with van der Waals surface area (Å²) < 4.78 is 0. The number of rotatable bonds is 8. The van der Waals surface area contributed by atoms with Crippen LogP contribution in [0.3, 0.4) is 0 Å². The number of aromatic nitrogens is 2. The van der Waals surface area contributed by atoms with Gasteiger partial charge >= 0.3 is 0 Å². The van der Waals surface area contributed by atoms with Crippen LogP contribution in [0.5, 0.6) is 0 Å². The lowest BCUT2D eigenvalue weighted by molar-refractivity contribution is 1.13. The first-order valence-corrected chi connectivity index (χ1v) is 18.2. The fourth-order valence-electron chi connectivity index (χ4n) is 7.88. The van der Waals surface area contributed by atoms with Crippen molar-refractivity contribution in [1.29, 1.82) is 0 Å². The summed E-state index contributed by atoms with van der Waals surface area (Å²) in [6.45, 7) is 0. The van der Waals surface area contributed by atoms with Gasteiger partial charge in [-0.2, -0.15) is 0 Å². The predicted molar refractivity (Wildman–Crippen MR) is 226 cm³/mol. The van der Waals surface area contributed by atoms with Gasteiger partial charge in [0.15, 0.2) is 5.82 Å². The molecule has 0 aliphatic heterocycles. The molecular weight excluding hydrogens is 657 g/mol. The topological polar surface area (TPSA) is 32.3 Å². The van der Waals surface area contributed by atoms with Crippen molar-refractivity contribution < 1.29 is 0 Å². The van der Waals surface area contributed by atoms with E-state index in [-0.39, 0.29) is 0 Å². The minimum atomic E-state index is 0.766. The van der Waals surface area contributed by atoms with Crippen LogP contribution in [0.15, 0.2) is 207 Å². The van der Waals surface area contributed by atoms with Gasteiger partial charge in [-0.15, -0.1) is 0 Å². The summed E-state index contributed by atoms with van der Waals surface area (Å²) in [6.07, 6.45) is 5.30. The molecule has 4 heteroatoms. The maximum atomic E-state index is 4.76. The molecule has 0 radical (unpaired) electrons. The summed E-state index contributed by atoms with van der Waals surface area (Å²) >= 11 is 0. The normalized spacial score (nSPS) is 11.3. The minimum absolute atomic E-state index is 0.766. The van der Waals surface area contributed by atoms with Crippen LogP contribution < -0.4 is 9.80 Å². The second kappa shape index (κ2) is 13.4. The lowest BCUT2D eigenvalue weighted by Crippen LogP contribution is -2.12. The molecule has 0 N–H and O–H groups in total. The van der Waals surface area contributed by atoms with E-state index in [0.717, 1.165) is 39.6 Å². The van der Waals surface area contributed by atoms with E-state index in [2.05, 4.69) is 197 Å². The maximum Gasteiger partial charge on any atom is 0.156 e. The first-order chi connectivity index (χ1) is 26.8. The van der Waals surface area contributed by atoms with Crippen LogP contribution in [0.1, 0.15) is 0 Å². The number of anilines is 6. The third kappa shape index (κ3) is 5.49. The van der Waals surface area contributed by atoms with Gasteiger partial charge in [0.1, 0.15) is 0 Å². The zero-order chi connectivity index (χ0) is 35.8. The Morgan fingerprint density at radius 2 is 0.815 bits per heavy atom. The molecule has 0 saturated carbocycles. The van der Waals surface area contributed by atoms with E-state index in [1.807, 2.05) is 12.3 Å². The molecule has 254 valence electrons. The predicted octanol–water partition coefficient (Wildman–Crippen LogP) is 13.6. The number of para-hydroxylation sites is 2. The van der Waals surface area contributed by atoms with E-state index in [4.69, 9.17) is 4.98 Å². The molecule has 0 fully saturated rings. The van der Waals surface area contributed by atoms with Crippen LogP contribution in [0.2, 0.25) is 0 Å². The molecule has 1 heterocycles.